The predicted molar refractivity (Wildman–Crippen MR) is 59.9 cm³/mol. The molecule has 5 heteroatoms. The lowest BCUT2D eigenvalue weighted by atomic mass is 10.2. The average molecular weight is 227 g/mol. The van der Waals surface area contributed by atoms with Gasteiger partial charge in [-0.2, -0.15) is 4.98 Å². The summed E-state index contributed by atoms with van der Waals surface area (Å²) in [4.78, 5) is 8.19. The zero-order chi connectivity index (χ0) is 9.97. The molecule has 0 N–H and O–H groups in total. The van der Waals surface area contributed by atoms with Crippen LogP contribution in [0.4, 0.5) is 0 Å². The number of aromatic nitrogens is 2. The molecule has 80 valence electrons. The highest BCUT2D eigenvalue weighted by Gasteiger charge is 2.00. The average Bonchev–Trinajstić information content (AvgIpc) is 2.27. The topological polar surface area (TPSA) is 44.2 Å². The minimum absolute atomic E-state index is 0. The van der Waals surface area contributed by atoms with Gasteiger partial charge in [0.1, 0.15) is 5.75 Å². The molecule has 0 aliphatic rings. The Morgan fingerprint density at radius 3 is 2.60 bits per heavy atom. The van der Waals surface area contributed by atoms with Gasteiger partial charge in [0, 0.05) is 11.6 Å². The van der Waals surface area contributed by atoms with Gasteiger partial charge in [-0.3, -0.25) is 0 Å². The van der Waals surface area contributed by atoms with Crippen molar-refractivity contribution in [3.05, 3.63) is 24.4 Å². The summed E-state index contributed by atoms with van der Waals surface area (Å²) in [6.07, 6.45) is 1.71. The maximum atomic E-state index is 5.09. The predicted octanol–water partition coefficient (Wildman–Crippen LogP) is 2.07. The van der Waals surface area contributed by atoms with Crippen LogP contribution in [-0.2, 0) is 0 Å². The molecule has 1 aromatic heterocycles. The van der Waals surface area contributed by atoms with Crippen LogP contribution in [0.3, 0.4) is 0 Å². The van der Waals surface area contributed by atoms with Gasteiger partial charge in [0.05, 0.1) is 19.7 Å². The van der Waals surface area contributed by atoms with Gasteiger partial charge in [-0.15, -0.1) is 12.4 Å². The molecule has 0 saturated heterocycles. The summed E-state index contributed by atoms with van der Waals surface area (Å²) in [5.41, 5.74) is 0.845. The van der Waals surface area contributed by atoms with Crippen LogP contribution < -0.4 is 9.47 Å². The summed E-state index contributed by atoms with van der Waals surface area (Å²) in [5, 5.41) is 0.935. The first-order valence-corrected chi connectivity index (χ1v) is 4.18. The lowest BCUT2D eigenvalue weighted by molar-refractivity contribution is 0.381. The monoisotopic (exact) mass is 226 g/mol. The number of halogens is 1. The van der Waals surface area contributed by atoms with Gasteiger partial charge in [0.15, 0.2) is 0 Å². The van der Waals surface area contributed by atoms with Gasteiger partial charge in [-0.05, 0) is 18.2 Å². The van der Waals surface area contributed by atoms with E-state index < -0.39 is 0 Å². The fourth-order valence-electron chi connectivity index (χ4n) is 1.22. The van der Waals surface area contributed by atoms with E-state index in [1.54, 1.807) is 20.4 Å². The summed E-state index contributed by atoms with van der Waals surface area (Å²) in [6, 6.07) is 5.99. The standard InChI is InChI=1S/C10H10N2O2.ClH/c1-13-8-3-4-9-7(5-8)6-11-10(12-9)14-2;/h3-6H,1-2H3;1H. The Morgan fingerprint density at radius 1 is 1.13 bits per heavy atom. The Labute approximate surface area is 93.7 Å². The fraction of sp³-hybridized carbons (Fsp3) is 0.200. The second-order valence-electron chi connectivity index (χ2n) is 2.78. The number of hydrogen-bond acceptors (Lipinski definition) is 4. The number of hydrogen-bond donors (Lipinski definition) is 0. The van der Waals surface area contributed by atoms with Crippen LogP contribution in [0.25, 0.3) is 10.9 Å². The van der Waals surface area contributed by atoms with Crippen molar-refractivity contribution in [1.29, 1.82) is 0 Å². The Morgan fingerprint density at radius 2 is 1.93 bits per heavy atom. The van der Waals surface area contributed by atoms with Crippen LogP contribution in [0.2, 0.25) is 0 Å². The third-order valence-electron chi connectivity index (χ3n) is 1.95. The van der Waals surface area contributed by atoms with E-state index in [2.05, 4.69) is 9.97 Å². The quantitative estimate of drug-likeness (QED) is 0.787. The Kier molecular flexibility index (Phi) is 3.68. The third kappa shape index (κ3) is 2.27. The maximum Gasteiger partial charge on any atom is 0.316 e. The van der Waals surface area contributed by atoms with E-state index >= 15 is 0 Å². The summed E-state index contributed by atoms with van der Waals surface area (Å²) in [5.74, 6) is 0.797. The smallest absolute Gasteiger partial charge is 0.316 e. The van der Waals surface area contributed by atoms with E-state index in [-0.39, 0.29) is 12.4 Å². The van der Waals surface area contributed by atoms with Gasteiger partial charge >= 0.3 is 6.01 Å². The highest BCUT2D eigenvalue weighted by molar-refractivity contribution is 5.85. The first-order chi connectivity index (χ1) is 6.83. The van der Waals surface area contributed by atoms with Crippen molar-refractivity contribution in [1.82, 2.24) is 9.97 Å². The summed E-state index contributed by atoms with van der Waals surface area (Å²) in [7, 11) is 3.18. The largest absolute Gasteiger partial charge is 0.497 e. The second kappa shape index (κ2) is 4.79. The van der Waals surface area contributed by atoms with Crippen LogP contribution in [0.5, 0.6) is 11.8 Å². The molecule has 0 saturated carbocycles. The molecule has 0 amide bonds. The van der Waals surface area contributed by atoms with E-state index in [0.29, 0.717) is 6.01 Å². The zero-order valence-corrected chi connectivity index (χ0v) is 9.25. The fourth-order valence-corrected chi connectivity index (χ4v) is 1.22. The molecule has 0 spiro atoms. The van der Waals surface area contributed by atoms with E-state index in [1.807, 2.05) is 18.2 Å². The van der Waals surface area contributed by atoms with E-state index in [4.69, 9.17) is 9.47 Å². The minimum Gasteiger partial charge on any atom is -0.497 e. The zero-order valence-electron chi connectivity index (χ0n) is 8.43. The second-order valence-corrected chi connectivity index (χ2v) is 2.78. The number of methoxy groups -OCH3 is 2. The molecular formula is C10H11ClN2O2. The molecule has 0 aliphatic heterocycles. The Balaban J connectivity index is 0.00000112. The molecule has 0 fully saturated rings. The van der Waals surface area contributed by atoms with Crippen molar-refractivity contribution < 1.29 is 9.47 Å². The first kappa shape index (κ1) is 11.5. The molecule has 2 rings (SSSR count). The molecule has 0 atom stereocenters. The molecule has 0 bridgehead atoms. The van der Waals surface area contributed by atoms with E-state index in [1.165, 1.54) is 0 Å². The first-order valence-electron chi connectivity index (χ1n) is 4.18. The molecule has 1 heterocycles. The molecule has 0 radical (unpaired) electrons. The highest BCUT2D eigenvalue weighted by Crippen LogP contribution is 2.19. The number of nitrogens with zero attached hydrogens (tertiary/aromatic N) is 2. The number of fused-ring (bicyclic) bond motifs is 1. The van der Waals surface area contributed by atoms with Crippen molar-refractivity contribution in [3.8, 4) is 11.8 Å². The van der Waals surface area contributed by atoms with Gasteiger partial charge in [-0.1, -0.05) is 0 Å². The van der Waals surface area contributed by atoms with Crippen molar-refractivity contribution in [3.63, 3.8) is 0 Å². The highest BCUT2D eigenvalue weighted by atomic mass is 35.5. The number of benzene rings is 1. The summed E-state index contributed by atoms with van der Waals surface area (Å²) in [6.45, 7) is 0. The van der Waals surface area contributed by atoms with Gasteiger partial charge in [0.2, 0.25) is 0 Å². The number of rotatable bonds is 2. The number of ether oxygens (including phenoxy) is 2. The molecule has 1 aromatic carbocycles. The lowest BCUT2D eigenvalue weighted by Gasteiger charge is -2.02. The normalized spacial score (nSPS) is 9.47. The van der Waals surface area contributed by atoms with Crippen molar-refractivity contribution in [2.24, 2.45) is 0 Å². The minimum atomic E-state index is 0. The SMILES string of the molecule is COc1ccc2nc(OC)ncc2c1.Cl. The van der Waals surface area contributed by atoms with Crippen LogP contribution in [-0.4, -0.2) is 24.2 Å². The van der Waals surface area contributed by atoms with Crippen LogP contribution in [0.1, 0.15) is 0 Å². The summed E-state index contributed by atoms with van der Waals surface area (Å²) >= 11 is 0. The van der Waals surface area contributed by atoms with Crippen LogP contribution in [0.15, 0.2) is 24.4 Å². The molecule has 2 aromatic rings. The van der Waals surface area contributed by atoms with Gasteiger partial charge in [0.25, 0.3) is 0 Å². The third-order valence-corrected chi connectivity index (χ3v) is 1.95. The van der Waals surface area contributed by atoms with Gasteiger partial charge in [-0.25, -0.2) is 4.98 Å². The Hall–Kier alpha value is -1.55. The molecular weight excluding hydrogens is 216 g/mol. The van der Waals surface area contributed by atoms with Crippen molar-refractivity contribution >= 4 is 23.3 Å². The van der Waals surface area contributed by atoms with E-state index in [0.717, 1.165) is 16.7 Å². The lowest BCUT2D eigenvalue weighted by Crippen LogP contribution is -1.92. The van der Waals surface area contributed by atoms with Crippen LogP contribution >= 0.6 is 12.4 Å². The summed E-state index contributed by atoms with van der Waals surface area (Å²) < 4.78 is 10.0. The molecule has 15 heavy (non-hydrogen) atoms. The van der Waals surface area contributed by atoms with Crippen molar-refractivity contribution in [2.75, 3.05) is 14.2 Å². The maximum absolute atomic E-state index is 5.09. The molecule has 0 unspecified atom stereocenters. The van der Waals surface area contributed by atoms with Gasteiger partial charge < -0.3 is 9.47 Å². The Bertz CT molecular complexity index is 419. The molecule has 0 aliphatic carbocycles. The van der Waals surface area contributed by atoms with Crippen molar-refractivity contribution in [2.45, 2.75) is 0 Å². The van der Waals surface area contributed by atoms with Crippen LogP contribution in [0, 0.1) is 0 Å². The molecule has 4 nitrogen and oxygen atoms in total. The van der Waals surface area contributed by atoms with E-state index in [9.17, 15) is 0 Å².